The molecule has 2 heterocycles. The average molecular weight is 251 g/mol. The molecular formula is C12H17N3O3. The van der Waals surface area contributed by atoms with Crippen LogP contribution in [0.1, 0.15) is 30.1 Å². The smallest absolute Gasteiger partial charge is 0.407 e. The SMILES string of the molecule is Cc1cc(C)c(=O)n([C@@H]2CCCN(C(=O)O)C2)n1. The van der Waals surface area contributed by atoms with Gasteiger partial charge in [-0.3, -0.25) is 4.79 Å². The van der Waals surface area contributed by atoms with E-state index in [9.17, 15) is 9.59 Å². The molecular weight excluding hydrogens is 234 g/mol. The van der Waals surface area contributed by atoms with Crippen LogP contribution in [0.15, 0.2) is 10.9 Å². The van der Waals surface area contributed by atoms with E-state index in [0.717, 1.165) is 18.5 Å². The first kappa shape index (κ1) is 12.6. The second kappa shape index (κ2) is 4.80. The summed E-state index contributed by atoms with van der Waals surface area (Å²) in [5, 5.41) is 13.2. The zero-order valence-corrected chi connectivity index (χ0v) is 10.6. The largest absolute Gasteiger partial charge is 0.465 e. The summed E-state index contributed by atoms with van der Waals surface area (Å²) in [5.41, 5.74) is 1.30. The first-order valence-electron chi connectivity index (χ1n) is 6.04. The Kier molecular flexibility index (Phi) is 3.36. The van der Waals surface area contributed by atoms with Crippen molar-refractivity contribution in [3.05, 3.63) is 27.7 Å². The number of likely N-dealkylation sites (tertiary alicyclic amines) is 1. The van der Waals surface area contributed by atoms with Crippen molar-refractivity contribution in [3.63, 3.8) is 0 Å². The van der Waals surface area contributed by atoms with Crippen LogP contribution in [0, 0.1) is 13.8 Å². The highest BCUT2D eigenvalue weighted by Gasteiger charge is 2.26. The number of aromatic nitrogens is 2. The topological polar surface area (TPSA) is 75.4 Å². The summed E-state index contributed by atoms with van der Waals surface area (Å²) < 4.78 is 1.44. The summed E-state index contributed by atoms with van der Waals surface area (Å²) in [7, 11) is 0. The number of hydrogen-bond donors (Lipinski definition) is 1. The molecule has 1 fully saturated rings. The number of amides is 1. The molecule has 1 saturated heterocycles. The molecule has 6 heteroatoms. The maximum Gasteiger partial charge on any atom is 0.407 e. The molecule has 0 spiro atoms. The number of carboxylic acid groups (broad SMARTS) is 1. The molecule has 0 aromatic carbocycles. The predicted molar refractivity (Wildman–Crippen MR) is 65.8 cm³/mol. The summed E-state index contributed by atoms with van der Waals surface area (Å²) in [5.74, 6) is 0. The van der Waals surface area contributed by atoms with Gasteiger partial charge in [0.05, 0.1) is 11.7 Å². The van der Waals surface area contributed by atoms with Crippen LogP contribution in [0.2, 0.25) is 0 Å². The number of carbonyl (C=O) groups is 1. The maximum absolute atomic E-state index is 12.0. The third-order valence-corrected chi connectivity index (χ3v) is 3.25. The van der Waals surface area contributed by atoms with Crippen LogP contribution in [0.25, 0.3) is 0 Å². The van der Waals surface area contributed by atoms with Crippen molar-refractivity contribution in [1.29, 1.82) is 0 Å². The minimum Gasteiger partial charge on any atom is -0.465 e. The molecule has 18 heavy (non-hydrogen) atoms. The Morgan fingerprint density at radius 2 is 2.22 bits per heavy atom. The fourth-order valence-electron chi connectivity index (χ4n) is 2.38. The second-order valence-corrected chi connectivity index (χ2v) is 4.74. The molecule has 1 amide bonds. The van der Waals surface area contributed by atoms with Gasteiger partial charge in [0, 0.05) is 18.7 Å². The summed E-state index contributed by atoms with van der Waals surface area (Å²) in [6.45, 7) is 4.46. The second-order valence-electron chi connectivity index (χ2n) is 4.74. The lowest BCUT2D eigenvalue weighted by Gasteiger charge is -2.31. The van der Waals surface area contributed by atoms with Crippen LogP contribution in [-0.2, 0) is 0 Å². The summed E-state index contributed by atoms with van der Waals surface area (Å²) in [6.07, 6.45) is 0.620. The average Bonchev–Trinajstić information content (AvgIpc) is 2.34. The maximum atomic E-state index is 12.0. The van der Waals surface area contributed by atoms with E-state index in [1.54, 1.807) is 13.0 Å². The van der Waals surface area contributed by atoms with Gasteiger partial charge in [0.15, 0.2) is 0 Å². The van der Waals surface area contributed by atoms with Gasteiger partial charge < -0.3 is 10.0 Å². The Labute approximate surface area is 105 Å². The van der Waals surface area contributed by atoms with Gasteiger partial charge in [-0.05, 0) is 32.8 Å². The number of rotatable bonds is 1. The molecule has 2 rings (SSSR count). The van der Waals surface area contributed by atoms with E-state index in [4.69, 9.17) is 5.11 Å². The van der Waals surface area contributed by atoms with E-state index >= 15 is 0 Å². The van der Waals surface area contributed by atoms with E-state index < -0.39 is 6.09 Å². The summed E-state index contributed by atoms with van der Waals surface area (Å²) >= 11 is 0. The molecule has 0 radical (unpaired) electrons. The third kappa shape index (κ3) is 2.37. The van der Waals surface area contributed by atoms with Gasteiger partial charge in [0.25, 0.3) is 5.56 Å². The van der Waals surface area contributed by atoms with Gasteiger partial charge in [0.2, 0.25) is 0 Å². The fraction of sp³-hybridized carbons (Fsp3) is 0.583. The molecule has 0 saturated carbocycles. The van der Waals surface area contributed by atoms with Crippen molar-refractivity contribution < 1.29 is 9.90 Å². The molecule has 1 atom stereocenters. The quantitative estimate of drug-likeness (QED) is 0.813. The molecule has 0 aliphatic carbocycles. The Bertz CT molecular complexity index is 524. The van der Waals surface area contributed by atoms with Crippen LogP contribution >= 0.6 is 0 Å². The molecule has 1 aliphatic heterocycles. The molecule has 98 valence electrons. The Balaban J connectivity index is 2.31. The zero-order valence-electron chi connectivity index (χ0n) is 10.6. The predicted octanol–water partition coefficient (Wildman–Crippen LogP) is 1.18. The Hall–Kier alpha value is -1.85. The fourth-order valence-corrected chi connectivity index (χ4v) is 2.38. The highest BCUT2D eigenvalue weighted by atomic mass is 16.4. The lowest BCUT2D eigenvalue weighted by Crippen LogP contribution is -2.43. The monoisotopic (exact) mass is 251 g/mol. The van der Waals surface area contributed by atoms with Crippen molar-refractivity contribution in [1.82, 2.24) is 14.7 Å². The van der Waals surface area contributed by atoms with Crippen LogP contribution in [-0.4, -0.2) is 39.0 Å². The number of nitrogens with zero attached hydrogens (tertiary/aromatic N) is 3. The van der Waals surface area contributed by atoms with E-state index in [-0.39, 0.29) is 11.6 Å². The van der Waals surface area contributed by atoms with Gasteiger partial charge in [-0.15, -0.1) is 0 Å². The highest BCUT2D eigenvalue weighted by Crippen LogP contribution is 2.19. The molecule has 1 N–H and O–H groups in total. The highest BCUT2D eigenvalue weighted by molar-refractivity contribution is 5.65. The molecule has 0 unspecified atom stereocenters. The van der Waals surface area contributed by atoms with Crippen LogP contribution in [0.3, 0.4) is 0 Å². The third-order valence-electron chi connectivity index (χ3n) is 3.25. The summed E-state index contributed by atoms with van der Waals surface area (Å²) in [6, 6.07) is 1.59. The Morgan fingerprint density at radius 3 is 2.89 bits per heavy atom. The van der Waals surface area contributed by atoms with Gasteiger partial charge in [-0.25, -0.2) is 9.48 Å². The van der Waals surface area contributed by atoms with Gasteiger partial charge in [0.1, 0.15) is 0 Å². The Morgan fingerprint density at radius 1 is 1.50 bits per heavy atom. The van der Waals surface area contributed by atoms with Crippen LogP contribution < -0.4 is 5.56 Å². The number of hydrogen-bond acceptors (Lipinski definition) is 3. The lowest BCUT2D eigenvalue weighted by atomic mass is 10.1. The lowest BCUT2D eigenvalue weighted by molar-refractivity contribution is 0.118. The van der Waals surface area contributed by atoms with E-state index in [1.165, 1.54) is 9.58 Å². The van der Waals surface area contributed by atoms with Crippen LogP contribution in [0.4, 0.5) is 4.79 Å². The van der Waals surface area contributed by atoms with Crippen molar-refractivity contribution in [3.8, 4) is 0 Å². The molecule has 6 nitrogen and oxygen atoms in total. The molecule has 0 bridgehead atoms. The van der Waals surface area contributed by atoms with Crippen molar-refractivity contribution in [2.24, 2.45) is 0 Å². The minimum absolute atomic E-state index is 0.127. The van der Waals surface area contributed by atoms with Crippen molar-refractivity contribution in [2.75, 3.05) is 13.1 Å². The standard InChI is InChI=1S/C12H17N3O3/c1-8-6-9(2)13-15(11(8)16)10-4-3-5-14(7-10)12(17)18/h6,10H,3-5,7H2,1-2H3,(H,17,18)/t10-/m1/s1. The minimum atomic E-state index is -0.933. The van der Waals surface area contributed by atoms with Crippen molar-refractivity contribution in [2.45, 2.75) is 32.7 Å². The van der Waals surface area contributed by atoms with E-state index in [0.29, 0.717) is 18.7 Å². The van der Waals surface area contributed by atoms with Gasteiger partial charge >= 0.3 is 6.09 Å². The van der Waals surface area contributed by atoms with Crippen molar-refractivity contribution >= 4 is 6.09 Å². The molecule has 1 aromatic rings. The van der Waals surface area contributed by atoms with Gasteiger partial charge in [-0.1, -0.05) is 0 Å². The van der Waals surface area contributed by atoms with E-state index in [1.807, 2.05) is 6.92 Å². The van der Waals surface area contributed by atoms with E-state index in [2.05, 4.69) is 5.10 Å². The van der Waals surface area contributed by atoms with Crippen LogP contribution in [0.5, 0.6) is 0 Å². The molecule has 1 aliphatic rings. The zero-order chi connectivity index (χ0) is 13.3. The first-order chi connectivity index (χ1) is 8.49. The normalized spacial score (nSPS) is 19.9. The van der Waals surface area contributed by atoms with Gasteiger partial charge in [-0.2, -0.15) is 5.10 Å². The molecule has 1 aromatic heterocycles. The number of aryl methyl sites for hydroxylation is 2. The number of piperidine rings is 1. The first-order valence-corrected chi connectivity index (χ1v) is 6.04. The summed E-state index contributed by atoms with van der Waals surface area (Å²) in [4.78, 5) is 24.3.